The summed E-state index contributed by atoms with van der Waals surface area (Å²) in [6.07, 6.45) is 0.000900. The standard InChI is InChI=1S/C22H26N2O7S/c1-21(2,10-16(26)27)31-11-22(3,4)32-14-7-5-6-12-17(14)20(30)24(19(12)29)13-8-9-15(25)23-18(13)28/h5-7,13H,8-11H2,1-4H3,(H,26,27)(H,23,25,28). The lowest BCUT2D eigenvalue weighted by molar-refractivity contribution is -0.144. The first kappa shape index (κ1) is 23.9. The molecule has 1 aromatic carbocycles. The summed E-state index contributed by atoms with van der Waals surface area (Å²) in [5.41, 5.74) is -0.422. The van der Waals surface area contributed by atoms with E-state index in [4.69, 9.17) is 9.84 Å². The van der Waals surface area contributed by atoms with Crippen LogP contribution in [-0.4, -0.2) is 62.6 Å². The lowest BCUT2D eigenvalue weighted by Gasteiger charge is -2.31. The SMILES string of the molecule is CC(C)(CC(=O)O)OCC(C)(C)Sc1cccc2c1C(=O)N(C1CCC(=O)NC1=O)C2=O. The topological polar surface area (TPSA) is 130 Å². The fourth-order valence-corrected chi connectivity index (χ4v) is 4.84. The molecule has 0 radical (unpaired) electrons. The molecule has 9 nitrogen and oxygen atoms in total. The van der Waals surface area contributed by atoms with Crippen LogP contribution in [0.5, 0.6) is 0 Å². The average Bonchev–Trinajstić information content (AvgIpc) is 2.91. The Hall–Kier alpha value is -2.72. The van der Waals surface area contributed by atoms with E-state index in [1.54, 1.807) is 32.0 Å². The van der Waals surface area contributed by atoms with Gasteiger partial charge in [-0.15, -0.1) is 11.8 Å². The number of aliphatic carboxylic acids is 1. The largest absolute Gasteiger partial charge is 0.481 e. The molecule has 2 heterocycles. The van der Waals surface area contributed by atoms with Gasteiger partial charge in [0.1, 0.15) is 6.04 Å². The van der Waals surface area contributed by atoms with E-state index >= 15 is 0 Å². The number of piperidine rings is 1. The molecule has 1 saturated heterocycles. The van der Waals surface area contributed by atoms with Crippen LogP contribution in [0.1, 0.15) is 67.7 Å². The van der Waals surface area contributed by atoms with Crippen molar-refractivity contribution in [3.8, 4) is 0 Å². The van der Waals surface area contributed by atoms with E-state index in [0.717, 1.165) is 4.90 Å². The van der Waals surface area contributed by atoms with Crippen molar-refractivity contribution in [2.45, 2.75) is 68.2 Å². The van der Waals surface area contributed by atoms with Gasteiger partial charge in [-0.2, -0.15) is 0 Å². The molecule has 3 rings (SSSR count). The van der Waals surface area contributed by atoms with Gasteiger partial charge in [0.15, 0.2) is 0 Å². The number of thioether (sulfide) groups is 1. The van der Waals surface area contributed by atoms with Crippen molar-refractivity contribution in [3.05, 3.63) is 29.3 Å². The lowest BCUT2D eigenvalue weighted by Crippen LogP contribution is -2.54. The summed E-state index contributed by atoms with van der Waals surface area (Å²) in [5.74, 6) is -3.16. The van der Waals surface area contributed by atoms with Crippen molar-refractivity contribution in [3.63, 3.8) is 0 Å². The summed E-state index contributed by atoms with van der Waals surface area (Å²) < 4.78 is 5.29. The molecule has 2 aliphatic rings. The van der Waals surface area contributed by atoms with Crippen molar-refractivity contribution in [1.29, 1.82) is 0 Å². The molecule has 0 saturated carbocycles. The summed E-state index contributed by atoms with van der Waals surface area (Å²) in [6, 6.07) is 3.93. The number of benzene rings is 1. The molecule has 0 bridgehead atoms. The number of carboxylic acid groups (broad SMARTS) is 1. The number of amides is 4. The minimum Gasteiger partial charge on any atom is -0.481 e. The highest BCUT2D eigenvalue weighted by molar-refractivity contribution is 8.00. The van der Waals surface area contributed by atoms with Gasteiger partial charge in [0.2, 0.25) is 11.8 Å². The Morgan fingerprint density at radius 2 is 1.88 bits per heavy atom. The van der Waals surface area contributed by atoms with E-state index in [2.05, 4.69) is 5.32 Å². The summed E-state index contributed by atoms with van der Waals surface area (Å²) >= 11 is 1.34. The summed E-state index contributed by atoms with van der Waals surface area (Å²) in [7, 11) is 0. The Labute approximate surface area is 189 Å². The number of hydrogen-bond donors (Lipinski definition) is 2. The van der Waals surface area contributed by atoms with Crippen LogP contribution in [0.15, 0.2) is 23.1 Å². The van der Waals surface area contributed by atoms with Crippen LogP contribution in [0.4, 0.5) is 0 Å². The maximum absolute atomic E-state index is 13.2. The van der Waals surface area contributed by atoms with Gasteiger partial charge in [-0.3, -0.25) is 34.2 Å². The van der Waals surface area contributed by atoms with Gasteiger partial charge >= 0.3 is 5.97 Å². The number of hydrogen-bond acceptors (Lipinski definition) is 7. The minimum atomic E-state index is -1.02. The van der Waals surface area contributed by atoms with Crippen LogP contribution < -0.4 is 5.32 Å². The van der Waals surface area contributed by atoms with Crippen molar-refractivity contribution >= 4 is 41.4 Å². The summed E-state index contributed by atoms with van der Waals surface area (Å²) in [4.78, 5) is 62.4. The molecule has 32 heavy (non-hydrogen) atoms. The fourth-order valence-electron chi connectivity index (χ4n) is 3.68. The second kappa shape index (κ2) is 8.67. The predicted octanol–water partition coefficient (Wildman–Crippen LogP) is 2.23. The smallest absolute Gasteiger partial charge is 0.306 e. The molecule has 0 spiro atoms. The number of nitrogens with one attached hydrogen (secondary N) is 1. The molecule has 0 aromatic heterocycles. The van der Waals surface area contributed by atoms with Gasteiger partial charge in [0, 0.05) is 16.1 Å². The van der Waals surface area contributed by atoms with Gasteiger partial charge < -0.3 is 9.84 Å². The first-order valence-corrected chi connectivity index (χ1v) is 11.0. The maximum atomic E-state index is 13.2. The van der Waals surface area contributed by atoms with E-state index in [0.29, 0.717) is 4.90 Å². The van der Waals surface area contributed by atoms with E-state index in [1.807, 2.05) is 13.8 Å². The Bertz CT molecular complexity index is 1000. The van der Waals surface area contributed by atoms with Crippen molar-refractivity contribution < 1.29 is 33.8 Å². The van der Waals surface area contributed by atoms with Gasteiger partial charge in [0.05, 0.1) is 29.8 Å². The van der Waals surface area contributed by atoms with Crippen LogP contribution in [0.25, 0.3) is 0 Å². The van der Waals surface area contributed by atoms with E-state index in [9.17, 15) is 24.0 Å². The number of imide groups is 2. The molecule has 172 valence electrons. The van der Waals surface area contributed by atoms with Crippen LogP contribution >= 0.6 is 11.8 Å². The Morgan fingerprint density at radius 1 is 1.19 bits per heavy atom. The quantitative estimate of drug-likeness (QED) is 0.444. The zero-order valence-electron chi connectivity index (χ0n) is 18.4. The highest BCUT2D eigenvalue weighted by Gasteiger charge is 2.46. The van der Waals surface area contributed by atoms with E-state index in [-0.39, 0.29) is 37.0 Å². The number of carbonyl (C=O) groups excluding carboxylic acids is 4. The molecule has 1 aromatic rings. The maximum Gasteiger partial charge on any atom is 0.306 e. The zero-order valence-corrected chi connectivity index (χ0v) is 19.2. The van der Waals surface area contributed by atoms with Crippen LogP contribution in [-0.2, 0) is 19.1 Å². The molecule has 4 amide bonds. The van der Waals surface area contributed by atoms with Crippen LogP contribution in [0, 0.1) is 0 Å². The third-order valence-corrected chi connectivity index (χ3v) is 6.43. The Kier molecular flexibility index (Phi) is 6.48. The molecule has 0 aliphatic carbocycles. The van der Waals surface area contributed by atoms with Gasteiger partial charge in [0.25, 0.3) is 11.8 Å². The summed E-state index contributed by atoms with van der Waals surface area (Å²) in [5, 5.41) is 11.2. The zero-order chi connectivity index (χ0) is 23.8. The number of rotatable bonds is 8. The molecule has 1 unspecified atom stereocenters. The second-order valence-corrected chi connectivity index (χ2v) is 10.9. The summed E-state index contributed by atoms with van der Waals surface area (Å²) in [6.45, 7) is 7.39. The lowest BCUT2D eigenvalue weighted by atomic mass is 10.0. The average molecular weight is 463 g/mol. The number of fused-ring (bicyclic) bond motifs is 1. The van der Waals surface area contributed by atoms with Crippen LogP contribution in [0.3, 0.4) is 0 Å². The van der Waals surface area contributed by atoms with Gasteiger partial charge in [-0.05, 0) is 46.2 Å². The minimum absolute atomic E-state index is 0.0575. The molecular formula is C22H26N2O7S. The van der Waals surface area contributed by atoms with Crippen molar-refractivity contribution in [1.82, 2.24) is 10.2 Å². The van der Waals surface area contributed by atoms with Crippen molar-refractivity contribution in [2.24, 2.45) is 0 Å². The monoisotopic (exact) mass is 462 g/mol. The first-order valence-electron chi connectivity index (χ1n) is 10.2. The van der Waals surface area contributed by atoms with Gasteiger partial charge in [-0.25, -0.2) is 0 Å². The molecule has 1 atom stereocenters. The van der Waals surface area contributed by atoms with E-state index in [1.165, 1.54) is 11.8 Å². The first-order chi connectivity index (χ1) is 14.8. The van der Waals surface area contributed by atoms with Crippen molar-refractivity contribution in [2.75, 3.05) is 6.61 Å². The number of carboxylic acids is 1. The molecule has 2 N–H and O–H groups in total. The highest BCUT2D eigenvalue weighted by atomic mass is 32.2. The van der Waals surface area contributed by atoms with E-state index < -0.39 is 46.0 Å². The number of carbonyl (C=O) groups is 5. The van der Waals surface area contributed by atoms with Gasteiger partial charge in [-0.1, -0.05) is 6.07 Å². The molecule has 1 fully saturated rings. The normalized spacial score (nSPS) is 19.2. The predicted molar refractivity (Wildman–Crippen MR) is 115 cm³/mol. The Balaban J connectivity index is 1.81. The molecule has 2 aliphatic heterocycles. The number of nitrogens with zero attached hydrogens (tertiary/aromatic N) is 1. The molecule has 10 heteroatoms. The number of ether oxygens (including phenoxy) is 1. The highest BCUT2D eigenvalue weighted by Crippen LogP contribution is 2.40. The molecular weight excluding hydrogens is 436 g/mol. The third kappa shape index (κ3) is 5.02. The fraction of sp³-hybridized carbons (Fsp3) is 0.500. The Morgan fingerprint density at radius 3 is 2.50 bits per heavy atom. The third-order valence-electron chi connectivity index (χ3n) is 5.20. The van der Waals surface area contributed by atoms with Crippen LogP contribution in [0.2, 0.25) is 0 Å². The second-order valence-electron chi connectivity index (χ2n) is 9.11.